The molecule has 0 aromatic rings. The van der Waals surface area contributed by atoms with E-state index in [2.05, 4.69) is 111 Å². The highest BCUT2D eigenvalue weighted by molar-refractivity contribution is 7.85. The third-order valence-electron chi connectivity index (χ3n) is 7.10. The average Bonchev–Trinajstić information content (AvgIpc) is 2.83. The average molecular weight is 577 g/mol. The van der Waals surface area contributed by atoms with E-state index in [1.807, 2.05) is 0 Å². The second kappa shape index (κ2) is 21.1. The van der Waals surface area contributed by atoms with Crippen LogP contribution >= 0.6 is 0 Å². The highest BCUT2D eigenvalue weighted by Gasteiger charge is 2.19. The van der Waals surface area contributed by atoms with Gasteiger partial charge in [-0.1, -0.05) is 86.4 Å². The summed E-state index contributed by atoms with van der Waals surface area (Å²) in [5.74, 6) is 1.03. The van der Waals surface area contributed by atoms with Crippen LogP contribution < -0.4 is 0 Å². The Morgan fingerprint density at radius 1 is 0.700 bits per heavy atom. The van der Waals surface area contributed by atoms with Crippen molar-refractivity contribution in [2.24, 2.45) is 11.8 Å². The van der Waals surface area contributed by atoms with Crippen LogP contribution in [0.5, 0.6) is 0 Å². The van der Waals surface area contributed by atoms with Crippen LogP contribution in [0.1, 0.15) is 107 Å². The fraction of sp³-hybridized carbons (Fsp3) is 0.657. The van der Waals surface area contributed by atoms with E-state index in [0.29, 0.717) is 18.3 Å². The number of likely N-dealkylation sites (N-methyl/N-ethyl adjacent to an activating group) is 1. The summed E-state index contributed by atoms with van der Waals surface area (Å²) in [6.07, 6.45) is 26.0. The van der Waals surface area contributed by atoms with Gasteiger partial charge in [0.05, 0.1) is 32.4 Å². The topological polar surface area (TPSA) is 54.4 Å². The number of rotatable bonds is 21. The van der Waals surface area contributed by atoms with Crippen LogP contribution in [0.2, 0.25) is 0 Å². The summed E-state index contributed by atoms with van der Waals surface area (Å²) in [5.41, 5.74) is 5.64. The highest BCUT2D eigenvalue weighted by Crippen LogP contribution is 2.15. The molecule has 0 saturated carbocycles. The molecular weight excluding hydrogens is 514 g/mol. The lowest BCUT2D eigenvalue weighted by molar-refractivity contribution is -0.898. The molecule has 0 aromatic carbocycles. The number of hydrogen-bond donors (Lipinski definition) is 1. The maximum atomic E-state index is 11.2. The van der Waals surface area contributed by atoms with Gasteiger partial charge in [0.1, 0.15) is 0 Å². The quantitative estimate of drug-likeness (QED) is 0.0640. The van der Waals surface area contributed by atoms with E-state index >= 15 is 0 Å². The minimum absolute atomic E-state index is 0.160. The van der Waals surface area contributed by atoms with E-state index in [4.69, 9.17) is 4.55 Å². The van der Waals surface area contributed by atoms with Gasteiger partial charge in [0, 0.05) is 0 Å². The molecule has 0 fully saturated rings. The van der Waals surface area contributed by atoms with E-state index in [1.165, 1.54) is 22.3 Å². The molecule has 0 aromatic heterocycles. The maximum Gasteiger partial charge on any atom is 0.264 e. The minimum atomic E-state index is -3.90. The van der Waals surface area contributed by atoms with Crippen LogP contribution in [0.4, 0.5) is 0 Å². The Morgan fingerprint density at radius 2 is 1.12 bits per heavy atom. The number of allylic oxidation sites excluding steroid dienone is 10. The molecule has 0 spiro atoms. The molecule has 0 radical (unpaired) electrons. The first-order valence-corrected chi connectivity index (χ1v) is 17.0. The van der Waals surface area contributed by atoms with Gasteiger partial charge in [-0.05, 0) is 103 Å². The van der Waals surface area contributed by atoms with Crippen LogP contribution in [-0.2, 0) is 10.1 Å². The van der Waals surface area contributed by atoms with Gasteiger partial charge in [-0.2, -0.15) is 8.42 Å². The third-order valence-corrected chi connectivity index (χ3v) is 7.90. The van der Waals surface area contributed by atoms with Crippen molar-refractivity contribution in [1.82, 2.24) is 0 Å². The second-order valence-electron chi connectivity index (χ2n) is 12.7. The van der Waals surface area contributed by atoms with Gasteiger partial charge in [0.25, 0.3) is 10.1 Å². The summed E-state index contributed by atoms with van der Waals surface area (Å²) in [5, 5.41) is 0. The zero-order chi connectivity index (χ0) is 30.6. The summed E-state index contributed by atoms with van der Waals surface area (Å²) in [6, 6.07) is 0. The highest BCUT2D eigenvalue weighted by atomic mass is 32.2. The lowest BCUT2D eigenvalue weighted by Gasteiger charge is -2.33. The van der Waals surface area contributed by atoms with Crippen molar-refractivity contribution in [2.75, 3.05) is 32.4 Å². The predicted molar refractivity (Wildman–Crippen MR) is 177 cm³/mol. The van der Waals surface area contributed by atoms with E-state index in [-0.39, 0.29) is 5.75 Å². The SMILES string of the molecule is C/C(=C\CC/C(C)=C/C[N+](C)(C/C=C(\C)CC/C=C(\C)C/C=C/C(C)C)CCCCS(=O)(=O)O)C/C=C/C(C)C. The smallest absolute Gasteiger partial charge is 0.264 e. The summed E-state index contributed by atoms with van der Waals surface area (Å²) in [4.78, 5) is 0. The van der Waals surface area contributed by atoms with E-state index in [9.17, 15) is 8.42 Å². The first kappa shape index (κ1) is 38.3. The third kappa shape index (κ3) is 24.1. The molecule has 4 nitrogen and oxygen atoms in total. The van der Waals surface area contributed by atoms with Crippen molar-refractivity contribution >= 4 is 10.1 Å². The Bertz CT molecular complexity index is 934. The molecule has 230 valence electrons. The van der Waals surface area contributed by atoms with Crippen LogP contribution in [0.3, 0.4) is 0 Å². The molecule has 0 aliphatic heterocycles. The Labute approximate surface area is 249 Å². The lowest BCUT2D eigenvalue weighted by Crippen LogP contribution is -2.45. The fourth-order valence-electron chi connectivity index (χ4n) is 4.30. The number of hydrogen-bond acceptors (Lipinski definition) is 2. The van der Waals surface area contributed by atoms with Crippen molar-refractivity contribution in [3.8, 4) is 0 Å². The fourth-order valence-corrected chi connectivity index (χ4v) is 4.87. The monoisotopic (exact) mass is 576 g/mol. The van der Waals surface area contributed by atoms with Crippen molar-refractivity contribution in [1.29, 1.82) is 0 Å². The zero-order valence-electron chi connectivity index (χ0n) is 27.4. The Kier molecular flexibility index (Phi) is 20.2. The van der Waals surface area contributed by atoms with E-state index in [1.54, 1.807) is 0 Å². The van der Waals surface area contributed by atoms with E-state index in [0.717, 1.165) is 69.1 Å². The van der Waals surface area contributed by atoms with Crippen LogP contribution in [0.25, 0.3) is 0 Å². The Morgan fingerprint density at radius 3 is 1.50 bits per heavy atom. The molecule has 0 rings (SSSR count). The summed E-state index contributed by atoms with van der Waals surface area (Å²) >= 11 is 0. The lowest BCUT2D eigenvalue weighted by atomic mass is 10.1. The van der Waals surface area contributed by atoms with Crippen molar-refractivity contribution in [2.45, 2.75) is 107 Å². The van der Waals surface area contributed by atoms with Crippen molar-refractivity contribution in [3.63, 3.8) is 0 Å². The number of unbranched alkanes of at least 4 members (excludes halogenated alkanes) is 1. The van der Waals surface area contributed by atoms with Gasteiger partial charge >= 0.3 is 0 Å². The molecule has 40 heavy (non-hydrogen) atoms. The summed E-state index contributed by atoms with van der Waals surface area (Å²) < 4.78 is 32.3. The molecule has 0 heterocycles. The van der Waals surface area contributed by atoms with Crippen molar-refractivity contribution < 1.29 is 17.5 Å². The van der Waals surface area contributed by atoms with Gasteiger partial charge in [0.15, 0.2) is 0 Å². The second-order valence-corrected chi connectivity index (χ2v) is 14.3. The van der Waals surface area contributed by atoms with Crippen LogP contribution in [0.15, 0.2) is 70.9 Å². The minimum Gasteiger partial charge on any atom is -0.320 e. The largest absolute Gasteiger partial charge is 0.320 e. The molecule has 0 unspecified atom stereocenters. The normalized spacial score (nSPS) is 16.2. The molecule has 5 heteroatoms. The van der Waals surface area contributed by atoms with Gasteiger partial charge in [0.2, 0.25) is 0 Å². The standard InChI is InChI=1S/C35H61NO3S/c1-30(2)16-12-18-32(5)20-14-22-34(7)24-27-36(9,26-10-11-29-40(37,38)39)28-25-35(8)23-15-21-33(6)19-13-17-31(3)4/h12-13,16-17,20-21,24-25,30-31H,10-11,14-15,18-19,22-23,26-29H2,1-9H3/p+1/b16-12+,17-13+,32-20+,33-21+,34-24+,35-25+. The Balaban J connectivity index is 5.11. The van der Waals surface area contributed by atoms with Gasteiger partial charge in [-0.15, -0.1) is 0 Å². The summed E-state index contributed by atoms with van der Waals surface area (Å²) in [7, 11) is -1.64. The predicted octanol–water partition coefficient (Wildman–Crippen LogP) is 9.65. The zero-order valence-corrected chi connectivity index (χ0v) is 28.2. The number of quaternary nitrogens is 1. The first-order valence-electron chi connectivity index (χ1n) is 15.4. The molecule has 0 bridgehead atoms. The first-order chi connectivity index (χ1) is 18.6. The van der Waals surface area contributed by atoms with Gasteiger partial charge < -0.3 is 4.48 Å². The summed E-state index contributed by atoms with van der Waals surface area (Å²) in [6.45, 7) is 20.4. The van der Waals surface area contributed by atoms with Crippen LogP contribution in [0, 0.1) is 11.8 Å². The van der Waals surface area contributed by atoms with E-state index < -0.39 is 10.1 Å². The molecule has 1 N–H and O–H groups in total. The Hall–Kier alpha value is -1.69. The molecule has 0 aliphatic carbocycles. The number of nitrogens with zero attached hydrogens (tertiary/aromatic N) is 1. The molecule has 0 aliphatic rings. The molecule has 0 atom stereocenters. The molecule has 0 amide bonds. The van der Waals surface area contributed by atoms with Gasteiger partial charge in [-0.25, -0.2) is 0 Å². The van der Waals surface area contributed by atoms with Gasteiger partial charge in [-0.3, -0.25) is 4.55 Å². The maximum absolute atomic E-state index is 11.2. The molecule has 0 saturated heterocycles. The van der Waals surface area contributed by atoms with Crippen molar-refractivity contribution in [3.05, 3.63) is 70.9 Å². The molecular formula is C35H62NO3S+. The van der Waals surface area contributed by atoms with Crippen LogP contribution in [-0.4, -0.2) is 49.9 Å².